The predicted octanol–water partition coefficient (Wildman–Crippen LogP) is 3.71. The molecule has 0 N–H and O–H groups in total. The van der Waals surface area contributed by atoms with Crippen LogP contribution in [0.5, 0.6) is 0 Å². The van der Waals surface area contributed by atoms with Gasteiger partial charge in [0, 0.05) is 18.0 Å². The highest BCUT2D eigenvalue weighted by molar-refractivity contribution is 8.22. The number of hydrogen-bond donors (Lipinski definition) is 0. The molecule has 0 aliphatic rings. The molecule has 1 nitrogen and oxygen atoms in total. The quantitative estimate of drug-likeness (QED) is 0.585. The molecule has 0 radical (unpaired) electrons. The van der Waals surface area contributed by atoms with Crippen LogP contribution in [0.3, 0.4) is 0 Å². The summed E-state index contributed by atoms with van der Waals surface area (Å²) in [5.74, 6) is 0. The second-order valence-corrected chi connectivity index (χ2v) is 5.06. The first-order valence-electron chi connectivity index (χ1n) is 5.20. The molecule has 0 saturated carbocycles. The highest BCUT2D eigenvalue weighted by Crippen LogP contribution is 2.21. The Morgan fingerprint density at radius 2 is 1.73 bits per heavy atom. The van der Waals surface area contributed by atoms with Crippen LogP contribution < -0.4 is 0 Å². The van der Waals surface area contributed by atoms with Crippen LogP contribution in [0.4, 0.5) is 0 Å². The minimum atomic E-state index is 0.962. The Bertz CT molecular complexity index is 315. The Kier molecular flexibility index (Phi) is 5.12. The van der Waals surface area contributed by atoms with E-state index in [1.807, 2.05) is 0 Å². The lowest BCUT2D eigenvalue weighted by molar-refractivity contribution is 0.482. The smallest absolute Gasteiger partial charge is 0.141 e. The van der Waals surface area contributed by atoms with Crippen LogP contribution in [-0.2, 0) is 0 Å². The van der Waals surface area contributed by atoms with Gasteiger partial charge in [0.25, 0.3) is 0 Å². The van der Waals surface area contributed by atoms with Crippen molar-refractivity contribution in [2.24, 2.45) is 0 Å². The van der Waals surface area contributed by atoms with Crippen molar-refractivity contribution in [3.8, 4) is 0 Å². The van der Waals surface area contributed by atoms with Gasteiger partial charge in [-0.2, -0.15) is 0 Å². The summed E-state index contributed by atoms with van der Waals surface area (Å²) in [6, 6.07) is 8.48. The monoisotopic (exact) mass is 239 g/mol. The molecular formula is C12H17NS2. The molecule has 0 atom stereocenters. The average Bonchev–Trinajstić information content (AvgIpc) is 2.23. The van der Waals surface area contributed by atoms with Crippen molar-refractivity contribution in [2.75, 3.05) is 13.1 Å². The topological polar surface area (TPSA) is 3.24 Å². The zero-order valence-corrected chi connectivity index (χ0v) is 11.1. The van der Waals surface area contributed by atoms with Crippen LogP contribution in [0.15, 0.2) is 29.2 Å². The lowest BCUT2D eigenvalue weighted by Crippen LogP contribution is -2.26. The molecule has 0 amide bonds. The minimum absolute atomic E-state index is 0.962. The van der Waals surface area contributed by atoms with Gasteiger partial charge in [-0.15, -0.1) is 0 Å². The number of nitrogens with zero attached hydrogens (tertiary/aromatic N) is 1. The summed E-state index contributed by atoms with van der Waals surface area (Å²) in [5, 5.41) is 0. The third kappa shape index (κ3) is 3.84. The van der Waals surface area contributed by atoms with Gasteiger partial charge in [0.2, 0.25) is 0 Å². The first-order chi connectivity index (χ1) is 7.17. The van der Waals surface area contributed by atoms with Gasteiger partial charge in [0.05, 0.1) is 0 Å². The maximum atomic E-state index is 5.38. The van der Waals surface area contributed by atoms with Crippen molar-refractivity contribution in [1.29, 1.82) is 0 Å². The largest absolute Gasteiger partial charge is 0.358 e. The maximum Gasteiger partial charge on any atom is 0.141 e. The number of rotatable bonds is 3. The molecule has 0 unspecified atom stereocenters. The van der Waals surface area contributed by atoms with E-state index in [9.17, 15) is 0 Å². The molecule has 0 aromatic heterocycles. The van der Waals surface area contributed by atoms with Crippen LogP contribution >= 0.6 is 24.0 Å². The van der Waals surface area contributed by atoms with Gasteiger partial charge >= 0.3 is 0 Å². The summed E-state index contributed by atoms with van der Waals surface area (Å²) in [4.78, 5) is 3.41. The van der Waals surface area contributed by atoms with Gasteiger partial charge in [-0.1, -0.05) is 41.7 Å². The molecule has 1 rings (SSSR count). The standard InChI is InChI=1S/C12H17NS2/c1-4-13(5-2)12(14)15-11-8-6-10(3)7-9-11/h6-9H,4-5H2,1-3H3. The molecule has 0 fully saturated rings. The molecular weight excluding hydrogens is 222 g/mol. The molecule has 0 saturated heterocycles. The second-order valence-electron chi connectivity index (χ2n) is 3.35. The van der Waals surface area contributed by atoms with E-state index in [0.29, 0.717) is 0 Å². The van der Waals surface area contributed by atoms with E-state index in [-0.39, 0.29) is 0 Å². The van der Waals surface area contributed by atoms with Crippen molar-refractivity contribution in [1.82, 2.24) is 4.90 Å². The summed E-state index contributed by atoms with van der Waals surface area (Å²) in [6.45, 7) is 8.32. The number of benzene rings is 1. The van der Waals surface area contributed by atoms with Crippen LogP contribution in [0.2, 0.25) is 0 Å². The van der Waals surface area contributed by atoms with Gasteiger partial charge in [-0.3, -0.25) is 0 Å². The fourth-order valence-electron chi connectivity index (χ4n) is 1.25. The van der Waals surface area contributed by atoms with Crippen molar-refractivity contribution in [3.63, 3.8) is 0 Å². The molecule has 1 aromatic carbocycles. The fourth-order valence-corrected chi connectivity index (χ4v) is 2.66. The van der Waals surface area contributed by atoms with Gasteiger partial charge in [0.1, 0.15) is 4.32 Å². The Balaban J connectivity index is 2.61. The minimum Gasteiger partial charge on any atom is -0.358 e. The lowest BCUT2D eigenvalue weighted by atomic mass is 10.2. The summed E-state index contributed by atoms with van der Waals surface area (Å²) >= 11 is 7.04. The van der Waals surface area contributed by atoms with E-state index >= 15 is 0 Å². The molecule has 1 aromatic rings. The predicted molar refractivity (Wildman–Crippen MR) is 72.6 cm³/mol. The first kappa shape index (κ1) is 12.5. The normalized spacial score (nSPS) is 10.1. The number of thioether (sulfide) groups is 1. The zero-order chi connectivity index (χ0) is 11.3. The van der Waals surface area contributed by atoms with E-state index < -0.39 is 0 Å². The van der Waals surface area contributed by atoms with Crippen molar-refractivity contribution < 1.29 is 0 Å². The third-order valence-electron chi connectivity index (χ3n) is 2.25. The van der Waals surface area contributed by atoms with Crippen molar-refractivity contribution >= 4 is 28.3 Å². The molecule has 0 aliphatic carbocycles. The van der Waals surface area contributed by atoms with Crippen LogP contribution in [-0.4, -0.2) is 22.3 Å². The van der Waals surface area contributed by atoms with Crippen LogP contribution in [0.25, 0.3) is 0 Å². The zero-order valence-electron chi connectivity index (χ0n) is 9.49. The van der Waals surface area contributed by atoms with E-state index in [0.717, 1.165) is 17.4 Å². The van der Waals surface area contributed by atoms with Gasteiger partial charge in [0.15, 0.2) is 0 Å². The Hall–Kier alpha value is -0.540. The molecule has 0 spiro atoms. The highest BCUT2D eigenvalue weighted by Gasteiger charge is 2.06. The number of thiocarbonyl (C=S) groups is 1. The summed E-state index contributed by atoms with van der Waals surface area (Å²) in [6.07, 6.45) is 0. The molecule has 0 bridgehead atoms. The van der Waals surface area contributed by atoms with E-state index in [1.165, 1.54) is 10.5 Å². The maximum absolute atomic E-state index is 5.38. The molecule has 3 heteroatoms. The van der Waals surface area contributed by atoms with Crippen LogP contribution in [0.1, 0.15) is 19.4 Å². The number of aryl methyl sites for hydroxylation is 1. The lowest BCUT2D eigenvalue weighted by Gasteiger charge is -2.20. The Morgan fingerprint density at radius 3 is 2.20 bits per heavy atom. The van der Waals surface area contributed by atoms with E-state index in [2.05, 4.69) is 49.9 Å². The highest BCUT2D eigenvalue weighted by atomic mass is 32.2. The van der Waals surface area contributed by atoms with E-state index in [1.54, 1.807) is 11.8 Å². The Morgan fingerprint density at radius 1 is 1.20 bits per heavy atom. The first-order valence-corrected chi connectivity index (χ1v) is 6.43. The number of hydrogen-bond acceptors (Lipinski definition) is 2. The van der Waals surface area contributed by atoms with Crippen LogP contribution in [0, 0.1) is 6.92 Å². The summed E-state index contributed by atoms with van der Waals surface area (Å²) < 4.78 is 0.962. The second kappa shape index (κ2) is 6.13. The summed E-state index contributed by atoms with van der Waals surface area (Å²) in [5.41, 5.74) is 1.29. The molecule has 0 heterocycles. The fraction of sp³-hybridized carbons (Fsp3) is 0.417. The average molecular weight is 239 g/mol. The van der Waals surface area contributed by atoms with Crippen molar-refractivity contribution in [3.05, 3.63) is 29.8 Å². The van der Waals surface area contributed by atoms with Gasteiger partial charge < -0.3 is 4.90 Å². The van der Waals surface area contributed by atoms with Gasteiger partial charge in [-0.25, -0.2) is 0 Å². The molecule has 15 heavy (non-hydrogen) atoms. The van der Waals surface area contributed by atoms with Gasteiger partial charge in [-0.05, 0) is 32.9 Å². The Labute approximate surface area is 102 Å². The summed E-state index contributed by atoms with van der Waals surface area (Å²) in [7, 11) is 0. The SMILES string of the molecule is CCN(CC)C(=S)Sc1ccc(C)cc1. The molecule has 0 aliphatic heterocycles. The van der Waals surface area contributed by atoms with Crippen molar-refractivity contribution in [2.45, 2.75) is 25.7 Å². The molecule has 82 valence electrons. The van der Waals surface area contributed by atoms with E-state index in [4.69, 9.17) is 12.2 Å². The third-order valence-corrected chi connectivity index (χ3v) is 3.70.